The molecule has 0 N–H and O–H groups in total. The lowest BCUT2D eigenvalue weighted by Crippen LogP contribution is -1.97. The Hall–Kier alpha value is -1.40. The van der Waals surface area contributed by atoms with Crippen LogP contribution in [0.25, 0.3) is 0 Å². The Morgan fingerprint density at radius 2 is 2.00 bits per heavy atom. The molecule has 0 atom stereocenters. The van der Waals surface area contributed by atoms with Gasteiger partial charge in [-0.1, -0.05) is 50.1 Å². The molecule has 0 unspecified atom stereocenters. The SMILES string of the molecule is Cc1cccc(Oc2cc(Br)ccc2CBr)c1[N+](=O)[O-]. The molecule has 20 heavy (non-hydrogen) atoms. The molecular formula is C14H11Br2NO3. The Kier molecular flexibility index (Phi) is 4.77. The number of para-hydroxylation sites is 1. The maximum atomic E-state index is 11.2. The molecule has 0 bridgehead atoms. The number of alkyl halides is 1. The van der Waals surface area contributed by atoms with Crippen molar-refractivity contribution in [1.82, 2.24) is 0 Å². The predicted octanol–water partition coefficient (Wildman–Crippen LogP) is 5.35. The molecular weight excluding hydrogens is 390 g/mol. The molecule has 2 rings (SSSR count). The number of aryl methyl sites for hydroxylation is 1. The second-order valence-corrected chi connectivity index (χ2v) is 5.64. The zero-order valence-electron chi connectivity index (χ0n) is 10.6. The van der Waals surface area contributed by atoms with Crippen LogP contribution < -0.4 is 4.74 Å². The Morgan fingerprint density at radius 3 is 2.65 bits per heavy atom. The van der Waals surface area contributed by atoms with E-state index in [0.717, 1.165) is 10.0 Å². The van der Waals surface area contributed by atoms with Gasteiger partial charge in [-0.05, 0) is 25.1 Å². The van der Waals surface area contributed by atoms with Crippen LogP contribution in [0.2, 0.25) is 0 Å². The first-order valence-corrected chi connectivity index (χ1v) is 7.70. The molecule has 0 heterocycles. The number of ether oxygens (including phenoxy) is 1. The van der Waals surface area contributed by atoms with Gasteiger partial charge in [-0.3, -0.25) is 10.1 Å². The molecule has 0 aromatic heterocycles. The average Bonchev–Trinajstić information content (AvgIpc) is 2.38. The van der Waals surface area contributed by atoms with Crippen LogP contribution in [-0.2, 0) is 5.33 Å². The Balaban J connectivity index is 2.48. The van der Waals surface area contributed by atoms with Crippen LogP contribution >= 0.6 is 31.9 Å². The molecule has 0 aliphatic heterocycles. The van der Waals surface area contributed by atoms with Gasteiger partial charge in [-0.15, -0.1) is 0 Å². The van der Waals surface area contributed by atoms with Gasteiger partial charge in [-0.25, -0.2) is 0 Å². The zero-order chi connectivity index (χ0) is 14.7. The van der Waals surface area contributed by atoms with Crippen molar-refractivity contribution in [3.63, 3.8) is 0 Å². The summed E-state index contributed by atoms with van der Waals surface area (Å²) in [6.45, 7) is 1.69. The highest BCUT2D eigenvalue weighted by Crippen LogP contribution is 2.36. The van der Waals surface area contributed by atoms with E-state index >= 15 is 0 Å². The summed E-state index contributed by atoms with van der Waals surface area (Å²) < 4.78 is 6.61. The Labute approximate surface area is 133 Å². The standard InChI is InChI=1S/C14H11Br2NO3/c1-9-3-2-4-12(14(9)17(18)19)20-13-7-11(16)6-5-10(13)8-15/h2-7H,8H2,1H3. The van der Waals surface area contributed by atoms with E-state index in [1.165, 1.54) is 0 Å². The molecule has 104 valence electrons. The van der Waals surface area contributed by atoms with E-state index in [-0.39, 0.29) is 11.4 Å². The van der Waals surface area contributed by atoms with Gasteiger partial charge in [0.1, 0.15) is 5.75 Å². The lowest BCUT2D eigenvalue weighted by molar-refractivity contribution is -0.386. The van der Waals surface area contributed by atoms with E-state index in [1.807, 2.05) is 12.1 Å². The summed E-state index contributed by atoms with van der Waals surface area (Å²) in [6.07, 6.45) is 0. The minimum Gasteiger partial charge on any atom is -0.450 e. The number of nitro groups is 1. The average molecular weight is 401 g/mol. The molecule has 0 fully saturated rings. The number of hydrogen-bond donors (Lipinski definition) is 0. The van der Waals surface area contributed by atoms with E-state index in [1.54, 1.807) is 31.2 Å². The Morgan fingerprint density at radius 1 is 1.25 bits per heavy atom. The number of benzene rings is 2. The lowest BCUT2D eigenvalue weighted by Gasteiger charge is -2.11. The van der Waals surface area contributed by atoms with Crippen LogP contribution in [0.15, 0.2) is 40.9 Å². The zero-order valence-corrected chi connectivity index (χ0v) is 13.8. The van der Waals surface area contributed by atoms with E-state index in [4.69, 9.17) is 4.74 Å². The smallest absolute Gasteiger partial charge is 0.314 e. The lowest BCUT2D eigenvalue weighted by atomic mass is 10.2. The minimum absolute atomic E-state index is 0.00648. The predicted molar refractivity (Wildman–Crippen MR) is 84.7 cm³/mol. The highest BCUT2D eigenvalue weighted by molar-refractivity contribution is 9.10. The largest absolute Gasteiger partial charge is 0.450 e. The van der Waals surface area contributed by atoms with Gasteiger partial charge in [-0.2, -0.15) is 0 Å². The topological polar surface area (TPSA) is 52.4 Å². The first kappa shape index (κ1) is 15.0. The molecule has 0 amide bonds. The summed E-state index contributed by atoms with van der Waals surface area (Å²) in [5.74, 6) is 0.834. The fraction of sp³-hybridized carbons (Fsp3) is 0.143. The van der Waals surface area contributed by atoms with Crippen molar-refractivity contribution in [2.24, 2.45) is 0 Å². The second kappa shape index (κ2) is 6.37. The third-order valence-electron chi connectivity index (χ3n) is 2.78. The van der Waals surface area contributed by atoms with Crippen molar-refractivity contribution in [1.29, 1.82) is 0 Å². The maximum absolute atomic E-state index is 11.2. The number of nitrogens with zero attached hydrogens (tertiary/aromatic N) is 1. The van der Waals surface area contributed by atoms with Crippen LogP contribution in [0, 0.1) is 17.0 Å². The highest BCUT2D eigenvalue weighted by atomic mass is 79.9. The van der Waals surface area contributed by atoms with E-state index < -0.39 is 4.92 Å². The van der Waals surface area contributed by atoms with Crippen molar-refractivity contribution >= 4 is 37.5 Å². The number of hydrogen-bond acceptors (Lipinski definition) is 3. The summed E-state index contributed by atoms with van der Waals surface area (Å²) in [4.78, 5) is 10.7. The first-order valence-electron chi connectivity index (χ1n) is 5.79. The van der Waals surface area contributed by atoms with Crippen LogP contribution in [0.5, 0.6) is 11.5 Å². The molecule has 2 aromatic carbocycles. The van der Waals surface area contributed by atoms with Crippen LogP contribution in [0.3, 0.4) is 0 Å². The van der Waals surface area contributed by atoms with Crippen molar-refractivity contribution in [2.75, 3.05) is 0 Å². The first-order chi connectivity index (χ1) is 9.52. The quantitative estimate of drug-likeness (QED) is 0.394. The van der Waals surface area contributed by atoms with Gasteiger partial charge in [0.15, 0.2) is 0 Å². The summed E-state index contributed by atoms with van der Waals surface area (Å²) in [5.41, 5.74) is 1.49. The van der Waals surface area contributed by atoms with Gasteiger partial charge in [0.2, 0.25) is 5.75 Å². The van der Waals surface area contributed by atoms with E-state index in [0.29, 0.717) is 16.6 Å². The van der Waals surface area contributed by atoms with Crippen molar-refractivity contribution in [2.45, 2.75) is 12.3 Å². The van der Waals surface area contributed by atoms with E-state index in [9.17, 15) is 10.1 Å². The molecule has 0 saturated heterocycles. The molecule has 0 aliphatic carbocycles. The van der Waals surface area contributed by atoms with Gasteiger partial charge in [0.05, 0.1) is 4.92 Å². The van der Waals surface area contributed by atoms with Crippen molar-refractivity contribution in [3.05, 3.63) is 62.1 Å². The molecule has 4 nitrogen and oxygen atoms in total. The van der Waals surface area contributed by atoms with Crippen molar-refractivity contribution in [3.8, 4) is 11.5 Å². The van der Waals surface area contributed by atoms with Crippen LogP contribution in [-0.4, -0.2) is 4.92 Å². The fourth-order valence-electron chi connectivity index (χ4n) is 1.80. The summed E-state index contributed by atoms with van der Waals surface area (Å²) in [7, 11) is 0. The van der Waals surface area contributed by atoms with Gasteiger partial charge < -0.3 is 4.74 Å². The second-order valence-electron chi connectivity index (χ2n) is 4.17. The van der Waals surface area contributed by atoms with Gasteiger partial charge in [0.25, 0.3) is 0 Å². The molecule has 0 radical (unpaired) electrons. The summed E-state index contributed by atoms with van der Waals surface area (Å²) in [5, 5.41) is 11.8. The van der Waals surface area contributed by atoms with Crippen molar-refractivity contribution < 1.29 is 9.66 Å². The molecule has 2 aromatic rings. The van der Waals surface area contributed by atoms with Gasteiger partial charge >= 0.3 is 5.69 Å². The molecule has 0 aliphatic rings. The molecule has 0 spiro atoms. The molecule has 6 heteroatoms. The van der Waals surface area contributed by atoms with Gasteiger partial charge in [0, 0.05) is 20.9 Å². The van der Waals surface area contributed by atoms with E-state index in [2.05, 4.69) is 31.9 Å². The maximum Gasteiger partial charge on any atom is 0.314 e. The summed E-state index contributed by atoms with van der Waals surface area (Å²) >= 11 is 6.75. The summed E-state index contributed by atoms with van der Waals surface area (Å²) in [6, 6.07) is 10.6. The number of halogens is 2. The molecule has 0 saturated carbocycles. The highest BCUT2D eigenvalue weighted by Gasteiger charge is 2.19. The fourth-order valence-corrected chi connectivity index (χ4v) is 2.60. The third-order valence-corrected chi connectivity index (χ3v) is 3.87. The van der Waals surface area contributed by atoms with Crippen LogP contribution in [0.4, 0.5) is 5.69 Å². The number of rotatable bonds is 4. The Bertz CT molecular complexity index is 659. The number of nitro benzene ring substituents is 1. The van der Waals surface area contributed by atoms with Crippen LogP contribution in [0.1, 0.15) is 11.1 Å². The monoisotopic (exact) mass is 399 g/mol. The normalized spacial score (nSPS) is 10.3. The third kappa shape index (κ3) is 3.19. The minimum atomic E-state index is -0.420.